The van der Waals surface area contributed by atoms with Gasteiger partial charge in [0.05, 0.1) is 10.7 Å². The number of benzene rings is 1. The van der Waals surface area contributed by atoms with E-state index in [-0.39, 0.29) is 6.54 Å². The maximum Gasteiger partial charge on any atom is 0.332 e. The van der Waals surface area contributed by atoms with Gasteiger partial charge in [0, 0.05) is 18.3 Å². The minimum atomic E-state index is -0.541. The van der Waals surface area contributed by atoms with Gasteiger partial charge in [-0.25, -0.2) is 4.79 Å². The summed E-state index contributed by atoms with van der Waals surface area (Å²) in [6.45, 7) is 0.0556. The minimum absolute atomic E-state index is 0.0556. The fraction of sp³-hybridized carbons (Fsp3) is 0.0909. The van der Waals surface area contributed by atoms with Gasteiger partial charge in [-0.05, 0) is 12.1 Å². The maximum atomic E-state index is 11.7. The summed E-state index contributed by atoms with van der Waals surface area (Å²) in [5.41, 5.74) is 5.23. The highest BCUT2D eigenvalue weighted by atomic mass is 35.5. The average molecular weight is 252 g/mol. The number of hydrogen-bond acceptors (Lipinski definition) is 3. The van der Waals surface area contributed by atoms with E-state index in [4.69, 9.17) is 17.3 Å². The van der Waals surface area contributed by atoms with E-state index in [1.165, 1.54) is 10.8 Å². The van der Waals surface area contributed by atoms with E-state index in [1.54, 1.807) is 24.3 Å². The summed E-state index contributed by atoms with van der Waals surface area (Å²) >= 11 is 5.98. The van der Waals surface area contributed by atoms with E-state index in [2.05, 4.69) is 4.98 Å². The van der Waals surface area contributed by atoms with Crippen LogP contribution in [0, 0.1) is 0 Å². The summed E-state index contributed by atoms with van der Waals surface area (Å²) in [6.07, 6.45) is 1.41. The summed E-state index contributed by atoms with van der Waals surface area (Å²) in [5.74, 6) is 0. The first-order chi connectivity index (χ1) is 8.13. The Balaban J connectivity index is 2.73. The van der Waals surface area contributed by atoms with Crippen LogP contribution < -0.4 is 17.0 Å². The molecule has 6 heteroatoms. The lowest BCUT2D eigenvalue weighted by Crippen LogP contribution is -2.31. The van der Waals surface area contributed by atoms with Crippen molar-refractivity contribution in [1.82, 2.24) is 9.55 Å². The molecule has 0 spiro atoms. The van der Waals surface area contributed by atoms with Crippen molar-refractivity contribution in [1.29, 1.82) is 0 Å². The number of nitrogens with one attached hydrogen (secondary N) is 1. The number of halogens is 1. The maximum absolute atomic E-state index is 11.7. The van der Waals surface area contributed by atoms with Crippen LogP contribution in [0.2, 0.25) is 5.02 Å². The van der Waals surface area contributed by atoms with Crippen molar-refractivity contribution in [3.8, 4) is 5.69 Å². The molecule has 88 valence electrons. The van der Waals surface area contributed by atoms with E-state index in [9.17, 15) is 9.59 Å². The third kappa shape index (κ3) is 2.15. The van der Waals surface area contributed by atoms with Crippen LogP contribution in [0.4, 0.5) is 0 Å². The molecule has 0 bridgehead atoms. The second-order valence-electron chi connectivity index (χ2n) is 3.44. The highest BCUT2D eigenvalue weighted by Gasteiger charge is 2.07. The summed E-state index contributed by atoms with van der Waals surface area (Å²) in [5, 5.41) is 0.421. The van der Waals surface area contributed by atoms with Gasteiger partial charge in [0.15, 0.2) is 0 Å². The predicted octanol–water partition coefficient (Wildman–Crippen LogP) is 0.638. The van der Waals surface area contributed by atoms with E-state index >= 15 is 0 Å². The largest absolute Gasteiger partial charge is 0.332 e. The third-order valence-electron chi connectivity index (χ3n) is 2.35. The highest BCUT2D eigenvalue weighted by molar-refractivity contribution is 6.32. The molecule has 2 aromatic rings. The predicted molar refractivity (Wildman–Crippen MR) is 65.6 cm³/mol. The molecule has 0 aliphatic heterocycles. The van der Waals surface area contributed by atoms with Gasteiger partial charge in [-0.1, -0.05) is 23.7 Å². The van der Waals surface area contributed by atoms with Crippen molar-refractivity contribution in [2.24, 2.45) is 5.73 Å². The molecular formula is C11H10ClN3O2. The van der Waals surface area contributed by atoms with Gasteiger partial charge in [0.1, 0.15) is 0 Å². The molecule has 3 N–H and O–H groups in total. The van der Waals surface area contributed by atoms with Crippen LogP contribution in [0.1, 0.15) is 5.56 Å². The van der Waals surface area contributed by atoms with Gasteiger partial charge in [0.25, 0.3) is 5.56 Å². The molecule has 1 heterocycles. The van der Waals surface area contributed by atoms with Crippen molar-refractivity contribution in [3.63, 3.8) is 0 Å². The fourth-order valence-electron chi connectivity index (χ4n) is 1.48. The Kier molecular flexibility index (Phi) is 3.12. The molecule has 1 aromatic heterocycles. The van der Waals surface area contributed by atoms with Crippen LogP contribution >= 0.6 is 11.6 Å². The average Bonchev–Trinajstić information content (AvgIpc) is 2.31. The normalized spacial score (nSPS) is 10.5. The summed E-state index contributed by atoms with van der Waals surface area (Å²) in [4.78, 5) is 25.2. The Morgan fingerprint density at radius 1 is 1.29 bits per heavy atom. The van der Waals surface area contributed by atoms with Crippen LogP contribution in [-0.4, -0.2) is 9.55 Å². The van der Waals surface area contributed by atoms with Crippen LogP contribution in [0.25, 0.3) is 5.69 Å². The Labute approximate surface area is 101 Å². The molecule has 0 fully saturated rings. The first-order valence-corrected chi connectivity index (χ1v) is 5.31. The molecule has 0 aliphatic rings. The van der Waals surface area contributed by atoms with Crippen LogP contribution in [0.5, 0.6) is 0 Å². The topological polar surface area (TPSA) is 80.9 Å². The molecule has 1 aromatic carbocycles. The standard InChI is InChI=1S/C11H10ClN3O2/c12-8-3-1-2-4-9(8)15-6-7(5-13)10(16)14-11(15)17/h1-4,6H,5,13H2,(H,14,16,17). The Hall–Kier alpha value is -1.85. The molecular weight excluding hydrogens is 242 g/mol. The quantitative estimate of drug-likeness (QED) is 0.822. The molecule has 5 nitrogen and oxygen atoms in total. The molecule has 0 saturated carbocycles. The second kappa shape index (κ2) is 4.57. The van der Waals surface area contributed by atoms with Crippen LogP contribution in [0.3, 0.4) is 0 Å². The van der Waals surface area contributed by atoms with Gasteiger partial charge >= 0.3 is 5.69 Å². The number of aromatic amines is 1. The number of nitrogens with two attached hydrogens (primary N) is 1. The van der Waals surface area contributed by atoms with Crippen molar-refractivity contribution in [2.45, 2.75) is 6.54 Å². The lowest BCUT2D eigenvalue weighted by atomic mass is 10.3. The summed E-state index contributed by atoms with van der Waals surface area (Å²) < 4.78 is 1.27. The number of para-hydroxylation sites is 1. The minimum Gasteiger partial charge on any atom is -0.326 e. The van der Waals surface area contributed by atoms with Gasteiger partial charge in [-0.3, -0.25) is 14.3 Å². The molecule has 0 saturated heterocycles. The van der Waals surface area contributed by atoms with Gasteiger partial charge < -0.3 is 5.73 Å². The summed E-state index contributed by atoms with van der Waals surface area (Å²) in [6, 6.07) is 6.85. The second-order valence-corrected chi connectivity index (χ2v) is 3.85. The third-order valence-corrected chi connectivity index (χ3v) is 2.67. The van der Waals surface area contributed by atoms with Crippen LogP contribution in [0.15, 0.2) is 40.1 Å². The zero-order valence-electron chi connectivity index (χ0n) is 8.81. The molecule has 0 unspecified atom stereocenters. The van der Waals surface area contributed by atoms with Gasteiger partial charge in [0.2, 0.25) is 0 Å². The molecule has 0 aliphatic carbocycles. The smallest absolute Gasteiger partial charge is 0.326 e. The van der Waals surface area contributed by atoms with Crippen molar-refractivity contribution >= 4 is 11.6 Å². The highest BCUT2D eigenvalue weighted by Crippen LogP contribution is 2.17. The lowest BCUT2D eigenvalue weighted by Gasteiger charge is -2.08. The first kappa shape index (κ1) is 11.6. The zero-order chi connectivity index (χ0) is 12.4. The monoisotopic (exact) mass is 251 g/mol. The number of aromatic nitrogens is 2. The number of H-pyrrole nitrogens is 1. The lowest BCUT2D eigenvalue weighted by molar-refractivity contribution is 0.852. The Bertz CT molecular complexity index is 660. The fourth-order valence-corrected chi connectivity index (χ4v) is 1.71. The molecule has 17 heavy (non-hydrogen) atoms. The van der Waals surface area contributed by atoms with Crippen molar-refractivity contribution in [2.75, 3.05) is 0 Å². The molecule has 0 amide bonds. The number of rotatable bonds is 2. The van der Waals surface area contributed by atoms with Crippen molar-refractivity contribution < 1.29 is 0 Å². The SMILES string of the molecule is NCc1cn(-c2ccccc2Cl)c(=O)[nH]c1=O. The van der Waals surface area contributed by atoms with Crippen LogP contribution in [-0.2, 0) is 6.54 Å². The Morgan fingerprint density at radius 3 is 2.65 bits per heavy atom. The Morgan fingerprint density at radius 2 is 2.00 bits per heavy atom. The number of nitrogens with zero attached hydrogens (tertiary/aromatic N) is 1. The van der Waals surface area contributed by atoms with Crippen molar-refractivity contribution in [3.05, 3.63) is 61.9 Å². The van der Waals surface area contributed by atoms with Gasteiger partial charge in [-0.2, -0.15) is 0 Å². The van der Waals surface area contributed by atoms with Gasteiger partial charge in [-0.15, -0.1) is 0 Å². The van der Waals surface area contributed by atoms with E-state index in [1.807, 2.05) is 0 Å². The van der Waals surface area contributed by atoms with E-state index < -0.39 is 11.2 Å². The first-order valence-electron chi connectivity index (χ1n) is 4.93. The van der Waals surface area contributed by atoms with E-state index in [0.29, 0.717) is 16.3 Å². The molecule has 2 rings (SSSR count). The zero-order valence-corrected chi connectivity index (χ0v) is 9.57. The molecule has 0 atom stereocenters. The van der Waals surface area contributed by atoms with E-state index in [0.717, 1.165) is 0 Å². The number of hydrogen-bond donors (Lipinski definition) is 2. The summed E-state index contributed by atoms with van der Waals surface area (Å²) in [7, 11) is 0. The molecule has 0 radical (unpaired) electrons.